The van der Waals surface area contributed by atoms with E-state index in [1.807, 2.05) is 0 Å². The van der Waals surface area contributed by atoms with Crippen molar-refractivity contribution in [2.45, 2.75) is 51.7 Å². The van der Waals surface area contributed by atoms with Crippen LogP contribution in [0.1, 0.15) is 39.3 Å². The molecule has 0 aromatic carbocycles. The molecule has 1 atom stereocenters. The van der Waals surface area contributed by atoms with E-state index in [0.717, 1.165) is 24.6 Å². The summed E-state index contributed by atoms with van der Waals surface area (Å²) in [6, 6.07) is 6.91. The van der Waals surface area contributed by atoms with Crippen molar-refractivity contribution in [2.75, 3.05) is 32.1 Å². The molecule has 1 unspecified atom stereocenters. The van der Waals surface area contributed by atoms with Crippen LogP contribution in [0.4, 0.5) is 5.82 Å². The molecule has 1 aliphatic rings. The maximum absolute atomic E-state index is 4.82. The lowest BCUT2D eigenvalue weighted by Crippen LogP contribution is -2.45. The number of piperidine rings is 1. The van der Waals surface area contributed by atoms with Gasteiger partial charge in [0.1, 0.15) is 5.82 Å². The standard InChI is InChI=1S/C17H30N4/c1-17(2,3)18-12-14-8-6-10-16(19-14)21(5)15-9-7-11-20(4)13-15/h6,8,10,15,18H,7,9,11-13H2,1-5H3. The third-order valence-electron chi connectivity index (χ3n) is 4.10. The zero-order valence-corrected chi connectivity index (χ0v) is 14.2. The molecular weight excluding hydrogens is 260 g/mol. The van der Waals surface area contributed by atoms with Gasteiger partial charge in [0.05, 0.1) is 5.69 Å². The molecule has 1 aliphatic heterocycles. The van der Waals surface area contributed by atoms with E-state index in [9.17, 15) is 0 Å². The Labute approximate surface area is 129 Å². The van der Waals surface area contributed by atoms with Crippen LogP contribution in [-0.2, 0) is 6.54 Å². The Morgan fingerprint density at radius 3 is 2.81 bits per heavy atom. The summed E-state index contributed by atoms with van der Waals surface area (Å²) in [7, 11) is 4.38. The lowest BCUT2D eigenvalue weighted by atomic mass is 10.1. The van der Waals surface area contributed by atoms with Crippen LogP contribution in [-0.4, -0.2) is 48.6 Å². The first kappa shape index (κ1) is 16.2. The average molecular weight is 290 g/mol. The highest BCUT2D eigenvalue weighted by atomic mass is 15.2. The molecule has 0 bridgehead atoms. The molecule has 4 heteroatoms. The Morgan fingerprint density at radius 2 is 2.14 bits per heavy atom. The van der Waals surface area contributed by atoms with Crippen molar-refractivity contribution in [3.8, 4) is 0 Å². The van der Waals surface area contributed by atoms with Crippen LogP contribution in [0.15, 0.2) is 18.2 Å². The zero-order chi connectivity index (χ0) is 15.5. The number of aromatic nitrogens is 1. The molecule has 0 amide bonds. The van der Waals surface area contributed by atoms with Gasteiger partial charge >= 0.3 is 0 Å². The summed E-state index contributed by atoms with van der Waals surface area (Å²) < 4.78 is 0. The molecular formula is C17H30N4. The second-order valence-corrected chi connectivity index (χ2v) is 7.26. The van der Waals surface area contributed by atoms with Gasteiger partial charge in [0.15, 0.2) is 0 Å². The van der Waals surface area contributed by atoms with Gasteiger partial charge in [-0.3, -0.25) is 0 Å². The fourth-order valence-electron chi connectivity index (χ4n) is 2.76. The molecule has 1 aromatic heterocycles. The molecule has 1 fully saturated rings. The third-order valence-corrected chi connectivity index (χ3v) is 4.10. The van der Waals surface area contributed by atoms with Crippen molar-refractivity contribution >= 4 is 5.82 Å². The maximum atomic E-state index is 4.82. The van der Waals surface area contributed by atoms with Crippen LogP contribution in [0, 0.1) is 0 Å². The van der Waals surface area contributed by atoms with Crippen molar-refractivity contribution in [3.05, 3.63) is 23.9 Å². The van der Waals surface area contributed by atoms with Gasteiger partial charge in [0, 0.05) is 31.7 Å². The Bertz CT molecular complexity index is 452. The summed E-state index contributed by atoms with van der Waals surface area (Å²) in [5.41, 5.74) is 1.23. The summed E-state index contributed by atoms with van der Waals surface area (Å²) in [5, 5.41) is 3.50. The van der Waals surface area contributed by atoms with E-state index in [1.54, 1.807) is 0 Å². The van der Waals surface area contributed by atoms with E-state index in [0.29, 0.717) is 6.04 Å². The molecule has 1 aromatic rings. The van der Waals surface area contributed by atoms with Crippen LogP contribution in [0.5, 0.6) is 0 Å². The second kappa shape index (κ2) is 6.75. The first-order chi connectivity index (χ1) is 9.85. The Balaban J connectivity index is 2.02. The number of nitrogens with one attached hydrogen (secondary N) is 1. The van der Waals surface area contributed by atoms with Crippen LogP contribution in [0.3, 0.4) is 0 Å². The molecule has 0 saturated carbocycles. The number of hydrogen-bond donors (Lipinski definition) is 1. The fourth-order valence-corrected chi connectivity index (χ4v) is 2.76. The molecule has 0 spiro atoms. The summed E-state index contributed by atoms with van der Waals surface area (Å²) in [4.78, 5) is 9.58. The highest BCUT2D eigenvalue weighted by molar-refractivity contribution is 5.39. The van der Waals surface area contributed by atoms with E-state index in [-0.39, 0.29) is 5.54 Å². The maximum Gasteiger partial charge on any atom is 0.128 e. The molecule has 4 nitrogen and oxygen atoms in total. The van der Waals surface area contributed by atoms with Crippen molar-refractivity contribution in [3.63, 3.8) is 0 Å². The van der Waals surface area contributed by atoms with Crippen LogP contribution in [0.2, 0.25) is 0 Å². The minimum atomic E-state index is 0.121. The number of likely N-dealkylation sites (tertiary alicyclic amines) is 1. The van der Waals surface area contributed by atoms with E-state index < -0.39 is 0 Å². The number of likely N-dealkylation sites (N-methyl/N-ethyl adjacent to an activating group) is 2. The monoisotopic (exact) mass is 290 g/mol. The van der Waals surface area contributed by atoms with Crippen LogP contribution in [0.25, 0.3) is 0 Å². The number of anilines is 1. The van der Waals surface area contributed by atoms with Gasteiger partial charge in [0.25, 0.3) is 0 Å². The lowest BCUT2D eigenvalue weighted by Gasteiger charge is -2.36. The second-order valence-electron chi connectivity index (χ2n) is 7.26. The smallest absolute Gasteiger partial charge is 0.128 e. The summed E-state index contributed by atoms with van der Waals surface area (Å²) in [6.45, 7) is 9.70. The SMILES string of the molecule is CN1CCCC(N(C)c2cccc(CNC(C)(C)C)n2)C1. The zero-order valence-electron chi connectivity index (χ0n) is 14.2. The summed E-state index contributed by atoms with van der Waals surface area (Å²) in [5.74, 6) is 1.09. The van der Waals surface area contributed by atoms with Crippen LogP contribution < -0.4 is 10.2 Å². The fraction of sp³-hybridized carbons (Fsp3) is 0.706. The molecule has 21 heavy (non-hydrogen) atoms. The lowest BCUT2D eigenvalue weighted by molar-refractivity contribution is 0.247. The predicted molar refractivity (Wildman–Crippen MR) is 89.8 cm³/mol. The molecule has 2 heterocycles. The topological polar surface area (TPSA) is 31.4 Å². The van der Waals surface area contributed by atoms with Gasteiger partial charge in [0.2, 0.25) is 0 Å². The van der Waals surface area contributed by atoms with Crippen LogP contribution >= 0.6 is 0 Å². The highest BCUT2D eigenvalue weighted by Gasteiger charge is 2.22. The van der Waals surface area contributed by atoms with Gasteiger partial charge in [-0.1, -0.05) is 6.07 Å². The van der Waals surface area contributed by atoms with Gasteiger partial charge in [-0.25, -0.2) is 4.98 Å². The highest BCUT2D eigenvalue weighted by Crippen LogP contribution is 2.19. The Kier molecular flexibility index (Phi) is 5.22. The molecule has 1 N–H and O–H groups in total. The van der Waals surface area contributed by atoms with Crippen molar-refractivity contribution in [1.82, 2.24) is 15.2 Å². The largest absolute Gasteiger partial charge is 0.355 e. The van der Waals surface area contributed by atoms with Gasteiger partial charge < -0.3 is 15.1 Å². The molecule has 118 valence electrons. The first-order valence-electron chi connectivity index (χ1n) is 7.97. The first-order valence-corrected chi connectivity index (χ1v) is 7.97. The van der Waals surface area contributed by atoms with E-state index in [2.05, 4.69) is 68.2 Å². The van der Waals surface area contributed by atoms with E-state index in [4.69, 9.17) is 4.98 Å². The number of hydrogen-bond acceptors (Lipinski definition) is 4. The number of pyridine rings is 1. The van der Waals surface area contributed by atoms with Crippen molar-refractivity contribution in [1.29, 1.82) is 0 Å². The molecule has 0 aliphatic carbocycles. The molecule has 0 radical (unpaired) electrons. The Morgan fingerprint density at radius 1 is 1.38 bits per heavy atom. The molecule has 2 rings (SSSR count). The summed E-state index contributed by atoms with van der Waals surface area (Å²) >= 11 is 0. The number of nitrogens with zero attached hydrogens (tertiary/aromatic N) is 3. The Hall–Kier alpha value is -1.13. The quantitative estimate of drug-likeness (QED) is 0.923. The number of rotatable bonds is 4. The minimum Gasteiger partial charge on any atom is -0.355 e. The van der Waals surface area contributed by atoms with E-state index in [1.165, 1.54) is 19.4 Å². The van der Waals surface area contributed by atoms with Gasteiger partial charge in [-0.2, -0.15) is 0 Å². The normalized spacial score (nSPS) is 20.5. The average Bonchev–Trinajstić information content (AvgIpc) is 2.44. The van der Waals surface area contributed by atoms with Gasteiger partial charge in [-0.05, 0) is 59.3 Å². The third kappa shape index (κ3) is 4.97. The van der Waals surface area contributed by atoms with E-state index >= 15 is 0 Å². The van der Waals surface area contributed by atoms with Gasteiger partial charge in [-0.15, -0.1) is 0 Å². The van der Waals surface area contributed by atoms with Crippen molar-refractivity contribution in [2.24, 2.45) is 0 Å². The minimum absolute atomic E-state index is 0.121. The predicted octanol–water partition coefficient (Wildman–Crippen LogP) is 2.50. The molecule has 1 saturated heterocycles. The summed E-state index contributed by atoms with van der Waals surface area (Å²) in [6.07, 6.45) is 2.53. The van der Waals surface area contributed by atoms with Crippen molar-refractivity contribution < 1.29 is 0 Å².